The van der Waals surface area contributed by atoms with Crippen LogP contribution in [0.25, 0.3) is 0 Å². The SMILES string of the molecule is O=C(NO)N[C@@H]1CC[C@H](O)c2sccc21. The lowest BCUT2D eigenvalue weighted by atomic mass is 9.92. The van der Waals surface area contributed by atoms with Crippen molar-refractivity contribution in [3.63, 3.8) is 0 Å². The summed E-state index contributed by atoms with van der Waals surface area (Å²) >= 11 is 1.49. The van der Waals surface area contributed by atoms with Crippen LogP contribution in [0.4, 0.5) is 4.79 Å². The van der Waals surface area contributed by atoms with Gasteiger partial charge >= 0.3 is 6.03 Å². The van der Waals surface area contributed by atoms with Gasteiger partial charge < -0.3 is 10.4 Å². The van der Waals surface area contributed by atoms with Gasteiger partial charge in [-0.15, -0.1) is 11.3 Å². The average Bonchev–Trinajstić information content (AvgIpc) is 2.71. The third-order valence-electron chi connectivity index (χ3n) is 2.54. The number of hydroxylamine groups is 1. The molecule has 4 N–H and O–H groups in total. The first kappa shape index (κ1) is 10.4. The first-order chi connectivity index (χ1) is 7.22. The van der Waals surface area contributed by atoms with Gasteiger partial charge in [-0.3, -0.25) is 5.21 Å². The molecule has 1 aliphatic carbocycles. The number of fused-ring (bicyclic) bond motifs is 1. The number of rotatable bonds is 1. The largest absolute Gasteiger partial charge is 0.388 e. The Hall–Kier alpha value is -1.11. The maximum Gasteiger partial charge on any atom is 0.338 e. The molecular formula is C9H12N2O3S. The standard InChI is InChI=1S/C9H12N2O3S/c12-7-2-1-6(10-9(13)11-14)5-3-4-15-8(5)7/h3-4,6-7,12,14H,1-2H2,(H2,10,11,13)/t6-,7+/m1/s1. The van der Waals surface area contributed by atoms with E-state index in [0.717, 1.165) is 10.4 Å². The molecule has 82 valence electrons. The van der Waals surface area contributed by atoms with Crippen molar-refractivity contribution in [3.8, 4) is 0 Å². The minimum Gasteiger partial charge on any atom is -0.388 e. The van der Waals surface area contributed by atoms with Crippen molar-refractivity contribution < 1.29 is 15.1 Å². The van der Waals surface area contributed by atoms with Crippen LogP contribution in [-0.2, 0) is 0 Å². The fraction of sp³-hybridized carbons (Fsp3) is 0.444. The van der Waals surface area contributed by atoms with Crippen molar-refractivity contribution in [2.45, 2.75) is 25.0 Å². The van der Waals surface area contributed by atoms with E-state index in [2.05, 4.69) is 5.32 Å². The first-order valence-corrected chi connectivity index (χ1v) is 5.56. The molecule has 0 aromatic carbocycles. The number of amides is 2. The van der Waals surface area contributed by atoms with Gasteiger partial charge in [0.1, 0.15) is 0 Å². The lowest BCUT2D eigenvalue weighted by Gasteiger charge is -2.26. The minimum absolute atomic E-state index is 0.123. The van der Waals surface area contributed by atoms with Crippen LogP contribution in [0.15, 0.2) is 11.4 Å². The highest BCUT2D eigenvalue weighted by atomic mass is 32.1. The Kier molecular flexibility index (Phi) is 2.90. The predicted molar refractivity (Wildman–Crippen MR) is 54.7 cm³/mol. The number of aliphatic hydroxyl groups excluding tert-OH is 1. The second-order valence-corrected chi connectivity index (χ2v) is 4.42. The molecule has 0 aliphatic heterocycles. The molecule has 2 amide bonds. The molecule has 0 spiro atoms. The van der Waals surface area contributed by atoms with Crippen LogP contribution >= 0.6 is 11.3 Å². The summed E-state index contributed by atoms with van der Waals surface area (Å²) < 4.78 is 0. The van der Waals surface area contributed by atoms with Crippen LogP contribution in [0.3, 0.4) is 0 Å². The van der Waals surface area contributed by atoms with Crippen LogP contribution in [-0.4, -0.2) is 16.3 Å². The molecule has 15 heavy (non-hydrogen) atoms. The van der Waals surface area contributed by atoms with E-state index >= 15 is 0 Å². The third kappa shape index (κ3) is 1.97. The maximum atomic E-state index is 11.0. The van der Waals surface area contributed by atoms with Crippen molar-refractivity contribution >= 4 is 17.4 Å². The van der Waals surface area contributed by atoms with Crippen molar-refractivity contribution in [3.05, 3.63) is 21.9 Å². The molecule has 0 fully saturated rings. The van der Waals surface area contributed by atoms with Crippen LogP contribution < -0.4 is 10.8 Å². The number of nitrogens with one attached hydrogen (secondary N) is 2. The zero-order valence-corrected chi connectivity index (χ0v) is 8.75. The van der Waals surface area contributed by atoms with Crippen LogP contribution in [0.2, 0.25) is 0 Å². The molecule has 5 nitrogen and oxygen atoms in total. The molecule has 1 aromatic rings. The second kappa shape index (κ2) is 4.18. The highest BCUT2D eigenvalue weighted by molar-refractivity contribution is 7.10. The first-order valence-electron chi connectivity index (χ1n) is 4.68. The quantitative estimate of drug-likeness (QED) is 0.432. The van der Waals surface area contributed by atoms with E-state index in [0.29, 0.717) is 12.8 Å². The lowest BCUT2D eigenvalue weighted by molar-refractivity contribution is 0.141. The topological polar surface area (TPSA) is 81.6 Å². The molecular weight excluding hydrogens is 216 g/mol. The number of urea groups is 1. The fourth-order valence-electron chi connectivity index (χ4n) is 1.84. The zero-order valence-electron chi connectivity index (χ0n) is 7.93. The summed E-state index contributed by atoms with van der Waals surface area (Å²) in [5, 5.41) is 22.6. The molecule has 0 saturated carbocycles. The van der Waals surface area contributed by atoms with E-state index in [1.807, 2.05) is 11.4 Å². The van der Waals surface area contributed by atoms with Gasteiger partial charge in [0, 0.05) is 4.88 Å². The summed E-state index contributed by atoms with van der Waals surface area (Å²) in [5.74, 6) is 0. The number of hydrogen-bond acceptors (Lipinski definition) is 4. The fourth-order valence-corrected chi connectivity index (χ4v) is 2.82. The van der Waals surface area contributed by atoms with Gasteiger partial charge in [0.25, 0.3) is 0 Å². The lowest BCUT2D eigenvalue weighted by Crippen LogP contribution is -2.37. The summed E-state index contributed by atoms with van der Waals surface area (Å²) in [5.41, 5.74) is 2.48. The van der Waals surface area contributed by atoms with Crippen molar-refractivity contribution in [2.75, 3.05) is 0 Å². The number of carbonyl (C=O) groups is 1. The van der Waals surface area contributed by atoms with E-state index in [-0.39, 0.29) is 6.04 Å². The van der Waals surface area contributed by atoms with Crippen molar-refractivity contribution in [1.29, 1.82) is 0 Å². The zero-order chi connectivity index (χ0) is 10.8. The predicted octanol–water partition coefficient (Wildman–Crippen LogP) is 1.30. The van der Waals surface area contributed by atoms with E-state index in [1.54, 1.807) is 0 Å². The Labute approximate surface area is 90.7 Å². The molecule has 0 saturated heterocycles. The Morgan fingerprint density at radius 2 is 2.33 bits per heavy atom. The molecule has 2 rings (SSSR count). The summed E-state index contributed by atoms with van der Waals surface area (Å²) in [6.07, 6.45) is 0.887. The van der Waals surface area contributed by atoms with Crippen LogP contribution in [0.1, 0.15) is 35.4 Å². The normalized spacial score (nSPS) is 24.4. The monoisotopic (exact) mass is 228 g/mol. The minimum atomic E-state index is -0.617. The number of aliphatic hydroxyl groups is 1. The molecule has 0 bridgehead atoms. The number of carbonyl (C=O) groups excluding carboxylic acids is 1. The van der Waals surface area contributed by atoms with E-state index in [4.69, 9.17) is 5.21 Å². The van der Waals surface area contributed by atoms with Crippen molar-refractivity contribution in [2.24, 2.45) is 0 Å². The van der Waals surface area contributed by atoms with Gasteiger partial charge in [-0.05, 0) is 29.9 Å². The Balaban J connectivity index is 2.17. The van der Waals surface area contributed by atoms with Gasteiger partial charge in [0.05, 0.1) is 12.1 Å². The Morgan fingerprint density at radius 3 is 3.07 bits per heavy atom. The van der Waals surface area contributed by atoms with Gasteiger partial charge in [-0.2, -0.15) is 0 Å². The number of thiophene rings is 1. The van der Waals surface area contributed by atoms with E-state index in [1.165, 1.54) is 16.8 Å². The van der Waals surface area contributed by atoms with Crippen LogP contribution in [0, 0.1) is 0 Å². The van der Waals surface area contributed by atoms with Crippen LogP contribution in [0.5, 0.6) is 0 Å². The van der Waals surface area contributed by atoms with Gasteiger partial charge in [0.15, 0.2) is 0 Å². The van der Waals surface area contributed by atoms with Crippen molar-refractivity contribution in [1.82, 2.24) is 10.8 Å². The summed E-state index contributed by atoms with van der Waals surface area (Å²) in [7, 11) is 0. The highest BCUT2D eigenvalue weighted by Crippen LogP contribution is 2.39. The molecule has 2 atom stereocenters. The number of hydrogen-bond donors (Lipinski definition) is 4. The summed E-state index contributed by atoms with van der Waals surface area (Å²) in [6, 6.07) is 1.15. The summed E-state index contributed by atoms with van der Waals surface area (Å²) in [6.45, 7) is 0. The smallest absolute Gasteiger partial charge is 0.338 e. The molecule has 0 unspecified atom stereocenters. The second-order valence-electron chi connectivity index (χ2n) is 3.47. The Morgan fingerprint density at radius 1 is 1.53 bits per heavy atom. The summed E-state index contributed by atoms with van der Waals surface area (Å²) in [4.78, 5) is 11.9. The Bertz CT molecular complexity index is 366. The molecule has 1 aromatic heterocycles. The molecule has 0 radical (unpaired) electrons. The van der Waals surface area contributed by atoms with Gasteiger partial charge in [-0.25, -0.2) is 10.3 Å². The van der Waals surface area contributed by atoms with E-state index < -0.39 is 12.1 Å². The molecule has 1 heterocycles. The van der Waals surface area contributed by atoms with Gasteiger partial charge in [0.2, 0.25) is 0 Å². The third-order valence-corrected chi connectivity index (χ3v) is 3.57. The molecule has 6 heteroatoms. The molecule has 1 aliphatic rings. The van der Waals surface area contributed by atoms with Gasteiger partial charge in [-0.1, -0.05) is 0 Å². The van der Waals surface area contributed by atoms with E-state index in [9.17, 15) is 9.90 Å². The highest BCUT2D eigenvalue weighted by Gasteiger charge is 2.27. The average molecular weight is 228 g/mol. The maximum absolute atomic E-state index is 11.0.